The fourth-order valence-electron chi connectivity index (χ4n) is 4.06. The molecule has 2 aromatic rings. The number of nitrogens with zero attached hydrogens (tertiary/aromatic N) is 1. The number of aryl methyl sites for hydroxylation is 2. The van der Waals surface area contributed by atoms with Crippen molar-refractivity contribution in [1.82, 2.24) is 4.98 Å². The number of aromatic amines is 1. The Morgan fingerprint density at radius 2 is 2.04 bits per heavy atom. The van der Waals surface area contributed by atoms with Gasteiger partial charge in [-0.3, -0.25) is 9.59 Å². The number of primary amides is 1. The van der Waals surface area contributed by atoms with Crippen molar-refractivity contribution in [2.75, 3.05) is 24.7 Å². The van der Waals surface area contributed by atoms with E-state index in [1.807, 2.05) is 26.0 Å². The van der Waals surface area contributed by atoms with Crippen LogP contribution in [-0.4, -0.2) is 36.6 Å². The number of nitrogens with two attached hydrogens (primary N) is 1. The van der Waals surface area contributed by atoms with Gasteiger partial charge in [-0.2, -0.15) is 0 Å². The molecule has 2 amide bonds. The molecular weight excluding hydrogens is 354 g/mol. The van der Waals surface area contributed by atoms with Crippen molar-refractivity contribution in [2.24, 2.45) is 11.7 Å². The summed E-state index contributed by atoms with van der Waals surface area (Å²) in [5, 5.41) is 0. The van der Waals surface area contributed by atoms with Crippen LogP contribution in [-0.2, 0) is 9.53 Å². The maximum absolute atomic E-state index is 13.3. The summed E-state index contributed by atoms with van der Waals surface area (Å²) in [4.78, 5) is 30.1. The fourth-order valence-corrected chi connectivity index (χ4v) is 4.06. The van der Waals surface area contributed by atoms with Crippen LogP contribution in [0.2, 0.25) is 0 Å². The Bertz CT molecular complexity index is 967. The van der Waals surface area contributed by atoms with E-state index in [1.165, 1.54) is 0 Å². The lowest BCUT2D eigenvalue weighted by molar-refractivity contribution is -0.113. The van der Waals surface area contributed by atoms with Gasteiger partial charge in [0.05, 0.1) is 11.3 Å². The average Bonchev–Trinajstić information content (AvgIpc) is 3.13. The van der Waals surface area contributed by atoms with Crippen molar-refractivity contribution in [3.8, 4) is 0 Å². The lowest BCUT2D eigenvalue weighted by Crippen LogP contribution is -2.34. The molecule has 3 heterocycles. The van der Waals surface area contributed by atoms with Crippen molar-refractivity contribution in [3.63, 3.8) is 0 Å². The first-order chi connectivity index (χ1) is 13.4. The number of carbonyl (C=O) groups is 2. The normalized spacial score (nSPS) is 18.7. The number of benzene rings is 1. The highest BCUT2D eigenvalue weighted by atomic mass is 16.5. The maximum Gasteiger partial charge on any atom is 0.259 e. The largest absolute Gasteiger partial charge is 0.381 e. The number of hydrogen-bond donors (Lipinski definition) is 2. The predicted molar refractivity (Wildman–Crippen MR) is 109 cm³/mol. The van der Waals surface area contributed by atoms with Crippen LogP contribution in [0.25, 0.3) is 11.6 Å². The zero-order chi connectivity index (χ0) is 19.8. The first-order valence-electron chi connectivity index (χ1n) is 9.66. The number of ether oxygens (including phenoxy) is 1. The minimum atomic E-state index is -0.491. The number of aromatic nitrogens is 1. The van der Waals surface area contributed by atoms with Gasteiger partial charge in [-0.25, -0.2) is 0 Å². The molecule has 1 aromatic heterocycles. The molecule has 0 aliphatic carbocycles. The van der Waals surface area contributed by atoms with Crippen LogP contribution >= 0.6 is 0 Å². The molecule has 0 bridgehead atoms. The van der Waals surface area contributed by atoms with E-state index in [0.29, 0.717) is 23.6 Å². The minimum absolute atomic E-state index is 0.0326. The number of hydrogen-bond acceptors (Lipinski definition) is 3. The van der Waals surface area contributed by atoms with Gasteiger partial charge in [0, 0.05) is 42.3 Å². The summed E-state index contributed by atoms with van der Waals surface area (Å²) < 4.78 is 5.45. The first-order valence-corrected chi connectivity index (χ1v) is 9.66. The van der Waals surface area contributed by atoms with Crippen LogP contribution in [0.3, 0.4) is 0 Å². The third kappa shape index (κ3) is 3.36. The Balaban J connectivity index is 1.76. The van der Waals surface area contributed by atoms with Gasteiger partial charge in [0.15, 0.2) is 0 Å². The van der Waals surface area contributed by atoms with Gasteiger partial charge in [-0.15, -0.1) is 0 Å². The van der Waals surface area contributed by atoms with E-state index < -0.39 is 5.91 Å². The van der Waals surface area contributed by atoms with E-state index in [9.17, 15) is 9.59 Å². The lowest BCUT2D eigenvalue weighted by Gasteiger charge is -2.27. The molecule has 1 aromatic carbocycles. The summed E-state index contributed by atoms with van der Waals surface area (Å²) in [5.74, 6) is -0.138. The quantitative estimate of drug-likeness (QED) is 0.800. The first kappa shape index (κ1) is 18.5. The summed E-state index contributed by atoms with van der Waals surface area (Å²) in [6, 6.07) is 7.31. The van der Waals surface area contributed by atoms with Gasteiger partial charge in [0.1, 0.15) is 0 Å². The Morgan fingerprint density at radius 3 is 2.68 bits per heavy atom. The second kappa shape index (κ2) is 7.28. The summed E-state index contributed by atoms with van der Waals surface area (Å²) in [7, 11) is 0. The fraction of sp³-hybridized carbons (Fsp3) is 0.364. The Morgan fingerprint density at radius 1 is 1.29 bits per heavy atom. The molecular formula is C22H25N3O3. The van der Waals surface area contributed by atoms with Crippen LogP contribution in [0, 0.1) is 19.8 Å². The topological polar surface area (TPSA) is 88.4 Å². The van der Waals surface area contributed by atoms with Crippen molar-refractivity contribution >= 4 is 29.2 Å². The number of amides is 2. The summed E-state index contributed by atoms with van der Waals surface area (Å²) in [6.45, 7) is 6.09. The molecule has 2 aliphatic rings. The molecule has 6 nitrogen and oxygen atoms in total. The van der Waals surface area contributed by atoms with E-state index in [1.54, 1.807) is 17.0 Å². The number of fused-ring (bicyclic) bond motifs is 1. The number of rotatable bonds is 4. The van der Waals surface area contributed by atoms with Crippen LogP contribution in [0.1, 0.15) is 45.7 Å². The Labute approximate surface area is 164 Å². The van der Waals surface area contributed by atoms with Crippen molar-refractivity contribution in [1.29, 1.82) is 0 Å². The molecule has 28 heavy (non-hydrogen) atoms. The third-order valence-corrected chi connectivity index (χ3v) is 5.60. The van der Waals surface area contributed by atoms with E-state index >= 15 is 0 Å². The number of anilines is 1. The molecule has 6 heteroatoms. The molecule has 0 spiro atoms. The summed E-state index contributed by atoms with van der Waals surface area (Å²) in [6.07, 6.45) is 3.78. The van der Waals surface area contributed by atoms with Gasteiger partial charge in [-0.05, 0) is 62.4 Å². The van der Waals surface area contributed by atoms with Crippen molar-refractivity contribution in [2.45, 2.75) is 26.7 Å². The van der Waals surface area contributed by atoms with Crippen LogP contribution in [0.4, 0.5) is 5.69 Å². The highest BCUT2D eigenvalue weighted by Gasteiger charge is 2.34. The van der Waals surface area contributed by atoms with E-state index in [0.717, 1.165) is 54.3 Å². The highest BCUT2D eigenvalue weighted by molar-refractivity contribution is 6.36. The monoisotopic (exact) mass is 379 g/mol. The summed E-state index contributed by atoms with van der Waals surface area (Å²) in [5.41, 5.74) is 11.2. The molecule has 0 saturated carbocycles. The van der Waals surface area contributed by atoms with E-state index in [4.69, 9.17) is 10.5 Å². The van der Waals surface area contributed by atoms with E-state index in [2.05, 4.69) is 11.1 Å². The van der Waals surface area contributed by atoms with Gasteiger partial charge >= 0.3 is 0 Å². The Hall–Kier alpha value is -2.86. The Kier molecular flexibility index (Phi) is 4.81. The third-order valence-electron chi connectivity index (χ3n) is 5.60. The van der Waals surface area contributed by atoms with Gasteiger partial charge in [0.25, 0.3) is 5.91 Å². The molecule has 1 fully saturated rings. The lowest BCUT2D eigenvalue weighted by atomic mass is 9.99. The smallest absolute Gasteiger partial charge is 0.259 e. The second-order valence-corrected chi connectivity index (χ2v) is 7.67. The van der Waals surface area contributed by atoms with Gasteiger partial charge in [0.2, 0.25) is 5.91 Å². The van der Waals surface area contributed by atoms with Gasteiger partial charge in [-0.1, -0.05) is 6.07 Å². The SMILES string of the molecule is Cc1cc(C)c(/C=C2\C(=O)N(CC3CCOCC3)c3cc(C(N)=O)ccc32)[nH]1. The van der Waals surface area contributed by atoms with E-state index in [-0.39, 0.29) is 5.91 Å². The molecule has 0 atom stereocenters. The maximum atomic E-state index is 13.3. The van der Waals surface area contributed by atoms with Crippen LogP contribution < -0.4 is 10.6 Å². The molecule has 0 unspecified atom stereocenters. The molecule has 146 valence electrons. The minimum Gasteiger partial charge on any atom is -0.381 e. The number of nitrogens with one attached hydrogen (secondary N) is 1. The molecule has 1 saturated heterocycles. The molecule has 2 aliphatic heterocycles. The molecule has 4 rings (SSSR count). The van der Waals surface area contributed by atoms with Crippen LogP contribution in [0.15, 0.2) is 24.3 Å². The number of H-pyrrole nitrogens is 1. The van der Waals surface area contributed by atoms with Gasteiger partial charge < -0.3 is 20.4 Å². The summed E-state index contributed by atoms with van der Waals surface area (Å²) >= 11 is 0. The standard InChI is InChI=1S/C22H25N3O3/c1-13-9-14(2)24-19(13)11-18-17-4-3-16(21(23)26)10-20(17)25(22(18)27)12-15-5-7-28-8-6-15/h3-4,9-11,15,24H,5-8,12H2,1-2H3,(H2,23,26)/b18-11-. The van der Waals surface area contributed by atoms with Crippen molar-refractivity contribution in [3.05, 3.63) is 52.3 Å². The average molecular weight is 379 g/mol. The van der Waals surface area contributed by atoms with Crippen molar-refractivity contribution < 1.29 is 14.3 Å². The highest BCUT2D eigenvalue weighted by Crippen LogP contribution is 2.39. The van der Waals surface area contributed by atoms with Crippen LogP contribution in [0.5, 0.6) is 0 Å². The zero-order valence-electron chi connectivity index (χ0n) is 16.2. The predicted octanol–water partition coefficient (Wildman–Crippen LogP) is 3.04. The molecule has 3 N–H and O–H groups in total. The second-order valence-electron chi connectivity index (χ2n) is 7.67. The molecule has 0 radical (unpaired) electrons. The number of carbonyl (C=O) groups excluding carboxylic acids is 2. The zero-order valence-corrected chi connectivity index (χ0v) is 16.2.